The van der Waals surface area contributed by atoms with E-state index >= 15 is 0 Å². The molecule has 4 rings (SSSR count). The minimum atomic E-state index is 0.00384. The van der Waals surface area contributed by atoms with Crippen LogP contribution in [0.2, 0.25) is 0 Å². The van der Waals surface area contributed by atoms with Gasteiger partial charge in [0.05, 0.1) is 0 Å². The van der Waals surface area contributed by atoms with Crippen molar-refractivity contribution in [3.05, 3.63) is 77.9 Å². The zero-order valence-corrected chi connectivity index (χ0v) is 16.7. The van der Waals surface area contributed by atoms with Crippen molar-refractivity contribution in [2.24, 2.45) is 0 Å². The van der Waals surface area contributed by atoms with Gasteiger partial charge in [-0.25, -0.2) is 0 Å². The minimum absolute atomic E-state index is 0.00384. The standard InChI is InChI=1S/C25H26N2O2/c1-18(28)19-11-13-21(14-12-19)26-25(29)15-17-27-16-5-10-24(27)23-9-4-7-20-6-2-3-8-22(20)23/h2-4,6-9,11-14,24H,5,10,15-17H2,1H3,(H,26,29). The molecule has 0 bridgehead atoms. The first-order valence-corrected chi connectivity index (χ1v) is 10.2. The number of amides is 1. The smallest absolute Gasteiger partial charge is 0.225 e. The Labute approximate surface area is 171 Å². The topological polar surface area (TPSA) is 49.4 Å². The molecule has 1 atom stereocenters. The lowest BCUT2D eigenvalue weighted by Crippen LogP contribution is -2.27. The fourth-order valence-corrected chi connectivity index (χ4v) is 4.24. The molecule has 1 aliphatic rings. The number of benzene rings is 3. The first kappa shape index (κ1) is 19.3. The molecule has 0 aromatic heterocycles. The minimum Gasteiger partial charge on any atom is -0.326 e. The Hall–Kier alpha value is -2.98. The van der Waals surface area contributed by atoms with Gasteiger partial charge in [-0.15, -0.1) is 0 Å². The monoisotopic (exact) mass is 386 g/mol. The van der Waals surface area contributed by atoms with E-state index in [-0.39, 0.29) is 11.7 Å². The van der Waals surface area contributed by atoms with E-state index in [4.69, 9.17) is 0 Å². The zero-order valence-electron chi connectivity index (χ0n) is 16.7. The van der Waals surface area contributed by atoms with Crippen molar-refractivity contribution in [1.82, 2.24) is 4.90 Å². The van der Waals surface area contributed by atoms with E-state index in [0.29, 0.717) is 18.0 Å². The SMILES string of the molecule is CC(=O)c1ccc(NC(=O)CCN2CCCC2c2cccc3ccccc23)cc1. The summed E-state index contributed by atoms with van der Waals surface area (Å²) in [6.45, 7) is 3.30. The Bertz CT molecular complexity index is 1020. The van der Waals surface area contributed by atoms with E-state index in [1.165, 1.54) is 23.3 Å². The number of carbonyl (C=O) groups is 2. The summed E-state index contributed by atoms with van der Waals surface area (Å²) in [6, 6.07) is 22.4. The predicted molar refractivity (Wildman–Crippen MR) is 117 cm³/mol. The number of hydrogen-bond donors (Lipinski definition) is 1. The highest BCUT2D eigenvalue weighted by molar-refractivity contribution is 5.95. The molecule has 1 amide bonds. The predicted octanol–water partition coefficient (Wildman–Crippen LogP) is 5.21. The Kier molecular flexibility index (Phi) is 5.72. The van der Waals surface area contributed by atoms with Crippen LogP contribution in [0.15, 0.2) is 66.7 Å². The molecule has 1 fully saturated rings. The van der Waals surface area contributed by atoms with E-state index < -0.39 is 0 Å². The average molecular weight is 386 g/mol. The largest absolute Gasteiger partial charge is 0.326 e. The number of carbonyl (C=O) groups excluding carboxylic acids is 2. The molecule has 1 unspecified atom stereocenters. The first-order valence-electron chi connectivity index (χ1n) is 10.2. The van der Waals surface area contributed by atoms with Gasteiger partial charge in [0.25, 0.3) is 0 Å². The van der Waals surface area contributed by atoms with Gasteiger partial charge in [-0.05, 0) is 66.9 Å². The summed E-state index contributed by atoms with van der Waals surface area (Å²) < 4.78 is 0. The average Bonchev–Trinajstić information content (AvgIpc) is 3.20. The molecule has 0 aliphatic carbocycles. The van der Waals surface area contributed by atoms with Crippen LogP contribution in [0.3, 0.4) is 0 Å². The molecule has 1 N–H and O–H groups in total. The highest BCUT2D eigenvalue weighted by Gasteiger charge is 2.27. The van der Waals surface area contributed by atoms with Crippen LogP contribution >= 0.6 is 0 Å². The number of hydrogen-bond acceptors (Lipinski definition) is 3. The van der Waals surface area contributed by atoms with E-state index in [0.717, 1.165) is 31.6 Å². The van der Waals surface area contributed by atoms with E-state index in [1.807, 2.05) is 0 Å². The van der Waals surface area contributed by atoms with Gasteiger partial charge in [-0.3, -0.25) is 14.5 Å². The van der Waals surface area contributed by atoms with Crippen LogP contribution in [0.5, 0.6) is 0 Å². The highest BCUT2D eigenvalue weighted by Crippen LogP contribution is 2.35. The van der Waals surface area contributed by atoms with Crippen molar-refractivity contribution < 1.29 is 9.59 Å². The number of anilines is 1. The molecule has 3 aromatic rings. The van der Waals surface area contributed by atoms with Gasteiger partial charge >= 0.3 is 0 Å². The van der Waals surface area contributed by atoms with Crippen LogP contribution < -0.4 is 5.32 Å². The summed E-state index contributed by atoms with van der Waals surface area (Å²) >= 11 is 0. The fraction of sp³-hybridized carbons (Fsp3) is 0.280. The molecule has 1 aliphatic heterocycles. The number of rotatable bonds is 6. The van der Waals surface area contributed by atoms with Gasteiger partial charge in [0.2, 0.25) is 5.91 Å². The molecule has 1 heterocycles. The Morgan fingerprint density at radius 2 is 1.76 bits per heavy atom. The van der Waals surface area contributed by atoms with Crippen molar-refractivity contribution >= 4 is 28.2 Å². The summed E-state index contributed by atoms with van der Waals surface area (Å²) in [5.41, 5.74) is 2.74. The maximum atomic E-state index is 12.4. The van der Waals surface area contributed by atoms with Gasteiger partial charge < -0.3 is 5.32 Å². The first-order chi connectivity index (χ1) is 14.1. The van der Waals surface area contributed by atoms with Gasteiger partial charge in [0.15, 0.2) is 5.78 Å². The van der Waals surface area contributed by atoms with E-state index in [9.17, 15) is 9.59 Å². The lowest BCUT2D eigenvalue weighted by molar-refractivity contribution is -0.116. The normalized spacial score (nSPS) is 16.8. The third kappa shape index (κ3) is 4.38. The van der Waals surface area contributed by atoms with Crippen molar-refractivity contribution in [2.45, 2.75) is 32.2 Å². The van der Waals surface area contributed by atoms with Crippen LogP contribution in [0.25, 0.3) is 10.8 Å². The van der Waals surface area contributed by atoms with Crippen LogP contribution in [-0.4, -0.2) is 29.7 Å². The van der Waals surface area contributed by atoms with Crippen LogP contribution in [0.1, 0.15) is 48.1 Å². The molecule has 0 spiro atoms. The van der Waals surface area contributed by atoms with Gasteiger partial charge in [0, 0.05) is 30.3 Å². The Balaban J connectivity index is 1.40. The Morgan fingerprint density at radius 1 is 1.00 bits per heavy atom. The van der Waals surface area contributed by atoms with Crippen molar-refractivity contribution in [3.63, 3.8) is 0 Å². The second kappa shape index (κ2) is 8.58. The molecular formula is C25H26N2O2. The molecule has 29 heavy (non-hydrogen) atoms. The fourth-order valence-electron chi connectivity index (χ4n) is 4.24. The lowest BCUT2D eigenvalue weighted by atomic mass is 9.97. The van der Waals surface area contributed by atoms with Crippen LogP contribution in [0, 0.1) is 0 Å². The molecular weight excluding hydrogens is 360 g/mol. The summed E-state index contributed by atoms with van der Waals surface area (Å²) in [7, 11) is 0. The van der Waals surface area contributed by atoms with Crippen molar-refractivity contribution in [2.75, 3.05) is 18.4 Å². The lowest BCUT2D eigenvalue weighted by Gasteiger charge is -2.25. The van der Waals surface area contributed by atoms with Crippen LogP contribution in [0.4, 0.5) is 5.69 Å². The number of nitrogens with one attached hydrogen (secondary N) is 1. The quantitative estimate of drug-likeness (QED) is 0.592. The number of likely N-dealkylation sites (tertiary alicyclic amines) is 1. The molecule has 1 saturated heterocycles. The van der Waals surface area contributed by atoms with Crippen molar-refractivity contribution in [3.8, 4) is 0 Å². The van der Waals surface area contributed by atoms with Gasteiger partial charge in [0.1, 0.15) is 0 Å². The Morgan fingerprint density at radius 3 is 2.55 bits per heavy atom. The highest BCUT2D eigenvalue weighted by atomic mass is 16.1. The third-order valence-electron chi connectivity index (χ3n) is 5.75. The second-order valence-electron chi connectivity index (χ2n) is 7.69. The number of Topliss-reactive ketones (excluding diaryl/α,β-unsaturated/α-hetero) is 1. The van der Waals surface area contributed by atoms with Crippen molar-refractivity contribution in [1.29, 1.82) is 0 Å². The number of nitrogens with zero attached hydrogens (tertiary/aromatic N) is 1. The van der Waals surface area contributed by atoms with E-state index in [2.05, 4.69) is 52.7 Å². The summed E-state index contributed by atoms with van der Waals surface area (Å²) in [5, 5.41) is 5.51. The van der Waals surface area contributed by atoms with E-state index in [1.54, 1.807) is 24.3 Å². The molecule has 3 aromatic carbocycles. The number of ketones is 1. The molecule has 0 radical (unpaired) electrons. The van der Waals surface area contributed by atoms with Crippen LogP contribution in [-0.2, 0) is 4.79 Å². The third-order valence-corrected chi connectivity index (χ3v) is 5.75. The van der Waals surface area contributed by atoms with Gasteiger partial charge in [-0.2, -0.15) is 0 Å². The van der Waals surface area contributed by atoms with Gasteiger partial charge in [-0.1, -0.05) is 42.5 Å². The maximum Gasteiger partial charge on any atom is 0.225 e. The molecule has 0 saturated carbocycles. The molecule has 4 heteroatoms. The zero-order chi connectivity index (χ0) is 20.2. The molecule has 148 valence electrons. The summed E-state index contributed by atoms with van der Waals surface area (Å²) in [4.78, 5) is 26.2. The second-order valence-corrected chi connectivity index (χ2v) is 7.69. The molecule has 4 nitrogen and oxygen atoms in total. The number of fused-ring (bicyclic) bond motifs is 1. The summed E-state index contributed by atoms with van der Waals surface area (Å²) in [6.07, 6.45) is 2.74. The summed E-state index contributed by atoms with van der Waals surface area (Å²) in [5.74, 6) is 0.0283. The maximum absolute atomic E-state index is 12.4.